The molecule has 9 heteroatoms. The third-order valence-corrected chi connectivity index (χ3v) is 5.44. The molecular formula is C22H30ClN5O3. The Labute approximate surface area is 188 Å². The highest BCUT2D eigenvalue weighted by molar-refractivity contribution is 6.29. The van der Waals surface area contributed by atoms with Crippen molar-refractivity contribution in [3.8, 4) is 11.5 Å². The molecule has 2 heterocycles. The third-order valence-electron chi connectivity index (χ3n) is 5.21. The molecule has 2 N–H and O–H groups in total. The molecule has 3 rings (SSSR count). The van der Waals surface area contributed by atoms with Crippen molar-refractivity contribution in [1.82, 2.24) is 20.5 Å². The number of halogens is 1. The molecule has 0 radical (unpaired) electrons. The molecule has 1 unspecified atom stereocenters. The van der Waals surface area contributed by atoms with Gasteiger partial charge in [-0.1, -0.05) is 23.7 Å². The highest BCUT2D eigenvalue weighted by Gasteiger charge is 2.24. The minimum atomic E-state index is 0.124. The predicted molar refractivity (Wildman–Crippen MR) is 122 cm³/mol. The van der Waals surface area contributed by atoms with E-state index in [4.69, 9.17) is 25.8 Å². The number of aromatic nitrogens is 1. The van der Waals surface area contributed by atoms with Gasteiger partial charge in [-0.2, -0.15) is 0 Å². The molecule has 0 amide bonds. The second-order valence-electron chi connectivity index (χ2n) is 7.07. The lowest BCUT2D eigenvalue weighted by Crippen LogP contribution is -2.46. The molecule has 2 aromatic rings. The van der Waals surface area contributed by atoms with Crippen LogP contribution in [0, 0.1) is 0 Å². The Morgan fingerprint density at radius 3 is 2.58 bits per heavy atom. The summed E-state index contributed by atoms with van der Waals surface area (Å²) >= 11 is 5.86. The van der Waals surface area contributed by atoms with Crippen molar-refractivity contribution >= 4 is 17.6 Å². The molecule has 8 nitrogen and oxygen atoms in total. The summed E-state index contributed by atoms with van der Waals surface area (Å²) in [6.45, 7) is 4.45. The highest BCUT2D eigenvalue weighted by atomic mass is 35.5. The Bertz CT molecular complexity index is 857. The van der Waals surface area contributed by atoms with E-state index in [2.05, 4.69) is 31.6 Å². The summed E-state index contributed by atoms with van der Waals surface area (Å²) in [4.78, 5) is 10.9. The van der Waals surface area contributed by atoms with Gasteiger partial charge < -0.3 is 24.8 Å². The Kier molecular flexibility index (Phi) is 8.75. The number of aliphatic imine (C=N–C) groups is 1. The van der Waals surface area contributed by atoms with Gasteiger partial charge in [0.25, 0.3) is 0 Å². The number of hydrogen-bond donors (Lipinski definition) is 2. The zero-order valence-corrected chi connectivity index (χ0v) is 19.0. The molecule has 1 atom stereocenters. The molecule has 168 valence electrons. The number of nitrogens with one attached hydrogen (secondary N) is 2. The van der Waals surface area contributed by atoms with Crippen molar-refractivity contribution in [2.45, 2.75) is 12.6 Å². The summed E-state index contributed by atoms with van der Waals surface area (Å²) in [5.74, 6) is 2.15. The maximum atomic E-state index is 5.86. The molecule has 0 aliphatic carbocycles. The predicted octanol–water partition coefficient (Wildman–Crippen LogP) is 2.49. The Hall–Kier alpha value is -2.55. The van der Waals surface area contributed by atoms with Crippen LogP contribution in [0.4, 0.5) is 0 Å². The Morgan fingerprint density at radius 2 is 1.94 bits per heavy atom. The zero-order valence-electron chi connectivity index (χ0n) is 18.2. The van der Waals surface area contributed by atoms with E-state index in [1.54, 1.807) is 33.5 Å². The lowest BCUT2D eigenvalue weighted by molar-refractivity contribution is 0.0169. The molecule has 1 aromatic heterocycles. The van der Waals surface area contributed by atoms with Gasteiger partial charge in [-0.3, -0.25) is 9.89 Å². The van der Waals surface area contributed by atoms with Crippen LogP contribution < -0.4 is 20.1 Å². The number of morpholine rings is 1. The average molecular weight is 448 g/mol. The Morgan fingerprint density at radius 1 is 1.16 bits per heavy atom. The van der Waals surface area contributed by atoms with E-state index in [1.807, 2.05) is 18.2 Å². The summed E-state index contributed by atoms with van der Waals surface area (Å²) < 4.78 is 16.5. The summed E-state index contributed by atoms with van der Waals surface area (Å²) in [6.07, 6.45) is 1.75. The topological polar surface area (TPSA) is 80.2 Å². The maximum Gasteiger partial charge on any atom is 0.191 e. The SMILES string of the molecule is CN=C(NCc1ccc(Cl)nc1)NCC(c1ccc(OC)c(OC)c1)N1CCOCC1. The molecule has 0 bridgehead atoms. The van der Waals surface area contributed by atoms with E-state index in [-0.39, 0.29) is 6.04 Å². The van der Waals surface area contributed by atoms with E-state index in [1.165, 1.54) is 0 Å². The van der Waals surface area contributed by atoms with E-state index < -0.39 is 0 Å². The number of nitrogens with zero attached hydrogens (tertiary/aromatic N) is 3. The normalized spacial score (nSPS) is 15.9. The van der Waals surface area contributed by atoms with E-state index in [9.17, 15) is 0 Å². The van der Waals surface area contributed by atoms with Gasteiger partial charge in [0, 0.05) is 39.4 Å². The number of pyridine rings is 1. The molecule has 0 saturated carbocycles. The van der Waals surface area contributed by atoms with Crippen LogP contribution in [0.2, 0.25) is 5.15 Å². The summed E-state index contributed by atoms with van der Waals surface area (Å²) in [7, 11) is 5.06. The number of guanidine groups is 1. The molecular weight excluding hydrogens is 418 g/mol. The lowest BCUT2D eigenvalue weighted by atomic mass is 10.0. The zero-order chi connectivity index (χ0) is 22.1. The quantitative estimate of drug-likeness (QED) is 0.365. The van der Waals surface area contributed by atoms with Crippen LogP contribution in [0.1, 0.15) is 17.2 Å². The highest BCUT2D eigenvalue weighted by Crippen LogP contribution is 2.32. The first-order chi connectivity index (χ1) is 15.1. The largest absolute Gasteiger partial charge is 0.493 e. The monoisotopic (exact) mass is 447 g/mol. The lowest BCUT2D eigenvalue weighted by Gasteiger charge is -2.35. The van der Waals surface area contributed by atoms with Crippen molar-refractivity contribution in [2.75, 3.05) is 54.1 Å². The number of ether oxygens (including phenoxy) is 3. The molecule has 1 aromatic carbocycles. The van der Waals surface area contributed by atoms with Gasteiger partial charge in [0.15, 0.2) is 17.5 Å². The van der Waals surface area contributed by atoms with Gasteiger partial charge >= 0.3 is 0 Å². The fourth-order valence-corrected chi connectivity index (χ4v) is 3.63. The number of methoxy groups -OCH3 is 2. The standard InChI is InChI=1S/C22H30ClN5O3/c1-24-22(26-14-16-4-7-21(23)25-13-16)27-15-18(28-8-10-31-11-9-28)17-5-6-19(29-2)20(12-17)30-3/h4-7,12-13,18H,8-11,14-15H2,1-3H3,(H2,24,26,27). The number of hydrogen-bond acceptors (Lipinski definition) is 6. The van der Waals surface area contributed by atoms with Crippen molar-refractivity contribution < 1.29 is 14.2 Å². The van der Waals surface area contributed by atoms with E-state index >= 15 is 0 Å². The van der Waals surface area contributed by atoms with Gasteiger partial charge in [-0.25, -0.2) is 4.98 Å². The minimum absolute atomic E-state index is 0.124. The second kappa shape index (κ2) is 11.7. The molecule has 0 spiro atoms. The Balaban J connectivity index is 1.69. The van der Waals surface area contributed by atoms with Crippen LogP contribution in [-0.2, 0) is 11.3 Å². The van der Waals surface area contributed by atoms with Crippen LogP contribution in [-0.4, -0.2) is 70.0 Å². The number of rotatable bonds is 8. The first-order valence-electron chi connectivity index (χ1n) is 10.2. The van der Waals surface area contributed by atoms with Crippen molar-refractivity contribution in [1.29, 1.82) is 0 Å². The smallest absolute Gasteiger partial charge is 0.191 e. The molecule has 1 aliphatic rings. The second-order valence-corrected chi connectivity index (χ2v) is 7.46. The first kappa shape index (κ1) is 23.1. The van der Waals surface area contributed by atoms with Gasteiger partial charge in [0.05, 0.1) is 33.5 Å². The molecule has 1 fully saturated rings. The van der Waals surface area contributed by atoms with Gasteiger partial charge in [0.2, 0.25) is 0 Å². The third kappa shape index (κ3) is 6.46. The van der Waals surface area contributed by atoms with Crippen molar-refractivity contribution in [2.24, 2.45) is 4.99 Å². The molecule has 31 heavy (non-hydrogen) atoms. The van der Waals surface area contributed by atoms with Crippen LogP contribution >= 0.6 is 11.6 Å². The van der Waals surface area contributed by atoms with Gasteiger partial charge in [-0.05, 0) is 29.3 Å². The van der Waals surface area contributed by atoms with Crippen molar-refractivity contribution in [3.63, 3.8) is 0 Å². The molecule has 1 aliphatic heterocycles. The van der Waals surface area contributed by atoms with Gasteiger partial charge in [0.1, 0.15) is 5.15 Å². The van der Waals surface area contributed by atoms with Crippen molar-refractivity contribution in [3.05, 3.63) is 52.8 Å². The summed E-state index contributed by atoms with van der Waals surface area (Å²) in [5.41, 5.74) is 2.17. The number of benzene rings is 1. The fourth-order valence-electron chi connectivity index (χ4n) is 3.52. The van der Waals surface area contributed by atoms with E-state index in [0.717, 1.165) is 43.2 Å². The van der Waals surface area contributed by atoms with Crippen LogP contribution in [0.25, 0.3) is 0 Å². The van der Waals surface area contributed by atoms with E-state index in [0.29, 0.717) is 30.0 Å². The maximum absolute atomic E-state index is 5.86. The van der Waals surface area contributed by atoms with Crippen LogP contribution in [0.5, 0.6) is 11.5 Å². The molecule has 1 saturated heterocycles. The fraction of sp³-hybridized carbons (Fsp3) is 0.455. The minimum Gasteiger partial charge on any atom is -0.493 e. The summed E-state index contributed by atoms with van der Waals surface area (Å²) in [5, 5.41) is 7.26. The first-order valence-corrected chi connectivity index (χ1v) is 10.6. The van der Waals surface area contributed by atoms with Crippen LogP contribution in [0.3, 0.4) is 0 Å². The summed E-state index contributed by atoms with van der Waals surface area (Å²) in [6, 6.07) is 9.91. The van der Waals surface area contributed by atoms with Gasteiger partial charge in [-0.15, -0.1) is 0 Å². The van der Waals surface area contributed by atoms with Crippen LogP contribution in [0.15, 0.2) is 41.5 Å². The average Bonchev–Trinajstić information content (AvgIpc) is 2.82.